The summed E-state index contributed by atoms with van der Waals surface area (Å²) in [6.07, 6.45) is 1.32. The van der Waals surface area contributed by atoms with Crippen molar-refractivity contribution in [1.82, 2.24) is 5.32 Å². The summed E-state index contributed by atoms with van der Waals surface area (Å²) >= 11 is 15.1. The Balaban J connectivity index is 1.55. The first-order valence-corrected chi connectivity index (χ1v) is 12.4. The Hall–Kier alpha value is -3.86. The number of methoxy groups -OCH3 is 1. The molecule has 0 bridgehead atoms. The molecular formula is C26H18BrCl2N3O6. The van der Waals surface area contributed by atoms with Gasteiger partial charge in [0.1, 0.15) is 5.57 Å². The maximum Gasteiger partial charge on any atom is 0.335 e. The van der Waals surface area contributed by atoms with Crippen molar-refractivity contribution in [2.24, 2.45) is 0 Å². The van der Waals surface area contributed by atoms with Gasteiger partial charge >= 0.3 is 6.03 Å². The van der Waals surface area contributed by atoms with E-state index in [1.54, 1.807) is 30.3 Å². The smallest absolute Gasteiger partial charge is 0.335 e. The highest BCUT2D eigenvalue weighted by Gasteiger charge is 2.36. The molecule has 3 aromatic carbocycles. The fourth-order valence-corrected chi connectivity index (χ4v) is 4.31. The van der Waals surface area contributed by atoms with Crippen LogP contribution in [0.25, 0.3) is 6.08 Å². The molecule has 9 nitrogen and oxygen atoms in total. The predicted octanol–water partition coefficient (Wildman–Crippen LogP) is 5.45. The van der Waals surface area contributed by atoms with E-state index in [-0.39, 0.29) is 29.4 Å². The number of ether oxygens (including phenoxy) is 2. The van der Waals surface area contributed by atoms with E-state index < -0.39 is 23.8 Å². The van der Waals surface area contributed by atoms with E-state index in [1.165, 1.54) is 43.5 Å². The van der Waals surface area contributed by atoms with Gasteiger partial charge in [0.2, 0.25) is 0 Å². The molecule has 0 saturated carbocycles. The van der Waals surface area contributed by atoms with Crippen molar-refractivity contribution in [2.75, 3.05) is 23.9 Å². The topological polar surface area (TPSA) is 114 Å². The molecule has 4 rings (SSSR count). The van der Waals surface area contributed by atoms with Gasteiger partial charge in [-0.1, -0.05) is 23.2 Å². The third-order valence-electron chi connectivity index (χ3n) is 5.22. The zero-order chi connectivity index (χ0) is 27.4. The highest BCUT2D eigenvalue weighted by molar-refractivity contribution is 9.10. The van der Waals surface area contributed by atoms with Gasteiger partial charge in [-0.05, 0) is 88.2 Å². The number of hydrogen-bond acceptors (Lipinski definition) is 6. The lowest BCUT2D eigenvalue weighted by atomic mass is 10.1. The normalized spacial score (nSPS) is 14.4. The number of amides is 5. The first kappa shape index (κ1) is 27.2. The number of imide groups is 2. The average Bonchev–Trinajstić information content (AvgIpc) is 2.88. The van der Waals surface area contributed by atoms with Gasteiger partial charge in [0.05, 0.1) is 17.3 Å². The van der Waals surface area contributed by atoms with Crippen molar-refractivity contribution in [3.05, 3.63) is 86.3 Å². The Kier molecular flexibility index (Phi) is 8.35. The van der Waals surface area contributed by atoms with Crippen LogP contribution in [-0.2, 0) is 14.4 Å². The van der Waals surface area contributed by atoms with Crippen LogP contribution in [0.3, 0.4) is 0 Å². The number of rotatable bonds is 7. The summed E-state index contributed by atoms with van der Waals surface area (Å²) in [4.78, 5) is 51.2. The summed E-state index contributed by atoms with van der Waals surface area (Å²) in [6, 6.07) is 14.8. The molecule has 0 atom stereocenters. The molecule has 1 saturated heterocycles. The van der Waals surface area contributed by atoms with Crippen molar-refractivity contribution < 1.29 is 28.7 Å². The second-order valence-electron chi connectivity index (χ2n) is 7.81. The zero-order valence-electron chi connectivity index (χ0n) is 19.6. The third kappa shape index (κ3) is 6.16. The van der Waals surface area contributed by atoms with E-state index in [2.05, 4.69) is 26.6 Å². The fraction of sp³-hybridized carbons (Fsp3) is 0.0769. The van der Waals surface area contributed by atoms with Gasteiger partial charge in [-0.3, -0.25) is 19.7 Å². The van der Waals surface area contributed by atoms with Gasteiger partial charge in [-0.2, -0.15) is 0 Å². The van der Waals surface area contributed by atoms with Crippen LogP contribution >= 0.6 is 39.1 Å². The maximum atomic E-state index is 13.1. The van der Waals surface area contributed by atoms with E-state index in [4.69, 9.17) is 32.7 Å². The van der Waals surface area contributed by atoms with Crippen LogP contribution in [0.1, 0.15) is 5.56 Å². The molecule has 1 aliphatic rings. The molecule has 0 spiro atoms. The van der Waals surface area contributed by atoms with Crippen molar-refractivity contribution in [3.8, 4) is 11.5 Å². The average molecular weight is 619 g/mol. The lowest BCUT2D eigenvalue weighted by Crippen LogP contribution is -2.54. The summed E-state index contributed by atoms with van der Waals surface area (Å²) in [5.41, 5.74) is 0.923. The summed E-state index contributed by atoms with van der Waals surface area (Å²) in [6.45, 7) is -0.322. The van der Waals surface area contributed by atoms with E-state index in [0.717, 1.165) is 4.90 Å². The monoisotopic (exact) mass is 617 g/mol. The molecule has 194 valence electrons. The Labute approximate surface area is 235 Å². The Morgan fingerprint density at radius 1 is 1.03 bits per heavy atom. The minimum absolute atomic E-state index is 0.235. The van der Waals surface area contributed by atoms with Crippen molar-refractivity contribution in [1.29, 1.82) is 0 Å². The molecule has 12 heteroatoms. The van der Waals surface area contributed by atoms with Crippen LogP contribution in [0.4, 0.5) is 16.2 Å². The molecule has 38 heavy (non-hydrogen) atoms. The van der Waals surface area contributed by atoms with Crippen LogP contribution in [0.15, 0.2) is 70.7 Å². The predicted molar refractivity (Wildman–Crippen MR) is 147 cm³/mol. The van der Waals surface area contributed by atoms with E-state index in [9.17, 15) is 19.2 Å². The van der Waals surface area contributed by atoms with Crippen molar-refractivity contribution in [3.63, 3.8) is 0 Å². The molecule has 1 heterocycles. The molecule has 1 aliphatic heterocycles. The molecule has 0 aromatic heterocycles. The summed E-state index contributed by atoms with van der Waals surface area (Å²) in [5, 5.41) is 5.81. The van der Waals surface area contributed by atoms with E-state index >= 15 is 0 Å². The van der Waals surface area contributed by atoms with E-state index in [1.807, 2.05) is 0 Å². The molecule has 5 amide bonds. The number of anilines is 2. The number of barbiturate groups is 1. The summed E-state index contributed by atoms with van der Waals surface area (Å²) < 4.78 is 11.5. The standard InChI is InChI=1S/C26H18BrCl2N3O6/c1-37-21-12-14(11-20(27)23(21)38-13-22(33)30-17-6-2-15(28)3-7-17)10-19-24(34)31-26(36)32(25(19)35)18-8-4-16(29)5-9-18/h2-12H,13H2,1H3,(H,30,33)(H,31,34,36)/b19-10+. The van der Waals surface area contributed by atoms with Crippen LogP contribution in [0.5, 0.6) is 11.5 Å². The summed E-state index contributed by atoms with van der Waals surface area (Å²) in [7, 11) is 1.40. The number of carbonyl (C=O) groups is 4. The maximum absolute atomic E-state index is 13.1. The van der Waals surface area contributed by atoms with Gasteiger partial charge in [-0.25, -0.2) is 9.69 Å². The van der Waals surface area contributed by atoms with Crippen LogP contribution in [0.2, 0.25) is 10.0 Å². The van der Waals surface area contributed by atoms with Gasteiger partial charge in [0, 0.05) is 15.7 Å². The zero-order valence-corrected chi connectivity index (χ0v) is 22.7. The molecule has 1 fully saturated rings. The molecule has 2 N–H and O–H groups in total. The number of benzene rings is 3. The van der Waals surface area contributed by atoms with E-state index in [0.29, 0.717) is 25.8 Å². The van der Waals surface area contributed by atoms with Crippen LogP contribution in [-0.4, -0.2) is 37.5 Å². The first-order valence-electron chi connectivity index (χ1n) is 10.9. The SMILES string of the molecule is COc1cc(/C=C2\C(=O)NC(=O)N(c3ccc(Cl)cc3)C2=O)cc(Br)c1OCC(=O)Nc1ccc(Cl)cc1. The first-order chi connectivity index (χ1) is 18.2. The minimum atomic E-state index is -0.876. The number of halogens is 3. The molecule has 0 radical (unpaired) electrons. The number of nitrogens with zero attached hydrogens (tertiary/aromatic N) is 1. The number of urea groups is 1. The Bertz CT molecular complexity index is 1460. The number of carbonyl (C=O) groups excluding carboxylic acids is 4. The molecule has 3 aromatic rings. The number of hydrogen-bond donors (Lipinski definition) is 2. The lowest BCUT2D eigenvalue weighted by Gasteiger charge is -2.26. The second-order valence-corrected chi connectivity index (χ2v) is 9.54. The van der Waals surface area contributed by atoms with Crippen LogP contribution < -0.4 is 25.0 Å². The lowest BCUT2D eigenvalue weighted by molar-refractivity contribution is -0.122. The Morgan fingerprint density at radius 3 is 2.29 bits per heavy atom. The Morgan fingerprint density at radius 2 is 1.66 bits per heavy atom. The quantitative estimate of drug-likeness (QED) is 0.269. The number of nitrogens with one attached hydrogen (secondary N) is 2. The van der Waals surface area contributed by atoms with Gasteiger partial charge in [0.15, 0.2) is 18.1 Å². The van der Waals surface area contributed by atoms with Gasteiger partial charge in [-0.15, -0.1) is 0 Å². The molecule has 0 aliphatic carbocycles. The minimum Gasteiger partial charge on any atom is -0.493 e. The highest BCUT2D eigenvalue weighted by atomic mass is 79.9. The summed E-state index contributed by atoms with van der Waals surface area (Å²) in [5.74, 6) is -1.60. The van der Waals surface area contributed by atoms with Gasteiger partial charge in [0.25, 0.3) is 17.7 Å². The molecule has 0 unspecified atom stereocenters. The van der Waals surface area contributed by atoms with Crippen molar-refractivity contribution in [2.45, 2.75) is 0 Å². The second kappa shape index (κ2) is 11.7. The highest BCUT2D eigenvalue weighted by Crippen LogP contribution is 2.37. The van der Waals surface area contributed by atoms with Gasteiger partial charge < -0.3 is 14.8 Å². The third-order valence-corrected chi connectivity index (χ3v) is 6.32. The van der Waals surface area contributed by atoms with Crippen LogP contribution in [0, 0.1) is 0 Å². The van der Waals surface area contributed by atoms with Crippen molar-refractivity contribution >= 4 is 80.3 Å². The largest absolute Gasteiger partial charge is 0.493 e. The fourth-order valence-electron chi connectivity index (χ4n) is 3.48. The molecular weight excluding hydrogens is 601 g/mol.